The van der Waals surface area contributed by atoms with Crippen molar-refractivity contribution in [3.8, 4) is 22.6 Å². The second-order valence-electron chi connectivity index (χ2n) is 11.4. The molecule has 44 heavy (non-hydrogen) atoms. The number of pyridine rings is 2. The third-order valence-corrected chi connectivity index (χ3v) is 8.81. The lowest BCUT2D eigenvalue weighted by molar-refractivity contribution is 0.809. The molecule has 8 aromatic rings. The van der Waals surface area contributed by atoms with Crippen LogP contribution in [0.4, 0.5) is 0 Å². The van der Waals surface area contributed by atoms with Crippen LogP contribution in [0, 0.1) is 0 Å². The van der Waals surface area contributed by atoms with E-state index < -0.39 is 0 Å². The summed E-state index contributed by atoms with van der Waals surface area (Å²) < 4.78 is 4.59. The molecular formula is C40H28N4. The highest BCUT2D eigenvalue weighted by Crippen LogP contribution is 2.38. The maximum absolute atomic E-state index is 5.49. The highest BCUT2D eigenvalue weighted by Gasteiger charge is 2.21. The number of benzene rings is 4. The molecule has 1 aliphatic rings. The van der Waals surface area contributed by atoms with Crippen LogP contribution in [0.1, 0.15) is 18.0 Å². The maximum Gasteiger partial charge on any atom is 0.147 e. The fourth-order valence-electron chi connectivity index (χ4n) is 6.77. The molecule has 0 spiro atoms. The summed E-state index contributed by atoms with van der Waals surface area (Å²) in [4.78, 5) is 10.8. The molecule has 1 aliphatic carbocycles. The topological polar surface area (TPSA) is 35.6 Å². The van der Waals surface area contributed by atoms with E-state index in [0.29, 0.717) is 0 Å². The monoisotopic (exact) mass is 564 g/mol. The number of allylic oxidation sites excluding steroid dienone is 4. The van der Waals surface area contributed by atoms with Crippen LogP contribution in [-0.2, 0) is 0 Å². The van der Waals surface area contributed by atoms with E-state index in [1.165, 1.54) is 5.56 Å². The summed E-state index contributed by atoms with van der Waals surface area (Å²) in [6.45, 7) is 0. The van der Waals surface area contributed by atoms with E-state index in [1.807, 2.05) is 0 Å². The van der Waals surface area contributed by atoms with Gasteiger partial charge in [0, 0.05) is 27.8 Å². The molecule has 208 valence electrons. The van der Waals surface area contributed by atoms with E-state index in [9.17, 15) is 0 Å². The number of aromatic nitrogens is 4. The standard InChI is InChI=1S/C40H28N4/c1-4-14-27(15-5-1)29-24-34(28-16-6-2-7-17-28)41-38(25-29)44-35-22-12-10-20-31(35)33-26-37-39(42-40(33)44)32-21-11-13-23-36(32)43(37)30-18-8-3-9-19-30/h1-16,18-26,28H,17H2. The van der Waals surface area contributed by atoms with Gasteiger partial charge in [0.15, 0.2) is 0 Å². The van der Waals surface area contributed by atoms with Gasteiger partial charge in [-0.15, -0.1) is 0 Å². The van der Waals surface area contributed by atoms with E-state index in [-0.39, 0.29) is 5.92 Å². The van der Waals surface area contributed by atoms with Gasteiger partial charge >= 0.3 is 0 Å². The van der Waals surface area contributed by atoms with E-state index in [4.69, 9.17) is 9.97 Å². The summed E-state index contributed by atoms with van der Waals surface area (Å²) in [6.07, 6.45) is 9.67. The van der Waals surface area contributed by atoms with Gasteiger partial charge in [0.1, 0.15) is 11.5 Å². The lowest BCUT2D eigenvalue weighted by atomic mass is 9.94. The van der Waals surface area contributed by atoms with E-state index in [0.717, 1.165) is 73.1 Å². The number of hydrogen-bond donors (Lipinski definition) is 0. The normalized spacial score (nSPS) is 14.8. The zero-order chi connectivity index (χ0) is 29.0. The van der Waals surface area contributed by atoms with E-state index in [2.05, 4.69) is 161 Å². The zero-order valence-corrected chi connectivity index (χ0v) is 24.0. The summed E-state index contributed by atoms with van der Waals surface area (Å²) in [7, 11) is 0. The quantitative estimate of drug-likeness (QED) is 0.213. The van der Waals surface area contributed by atoms with Crippen molar-refractivity contribution in [3.63, 3.8) is 0 Å². The highest BCUT2D eigenvalue weighted by atomic mass is 15.1. The molecule has 1 atom stereocenters. The predicted octanol–water partition coefficient (Wildman–Crippen LogP) is 9.94. The summed E-state index contributed by atoms with van der Waals surface area (Å²) in [5.74, 6) is 1.10. The Morgan fingerprint density at radius 2 is 1.25 bits per heavy atom. The number of nitrogens with zero attached hydrogens (tertiary/aromatic N) is 4. The molecule has 4 aromatic heterocycles. The predicted molar refractivity (Wildman–Crippen MR) is 182 cm³/mol. The summed E-state index contributed by atoms with van der Waals surface area (Å²) in [6, 6.07) is 45.1. The van der Waals surface area contributed by atoms with Gasteiger partial charge in [-0.3, -0.25) is 4.57 Å². The van der Waals surface area contributed by atoms with Crippen LogP contribution < -0.4 is 0 Å². The average Bonchev–Trinajstić information content (AvgIpc) is 3.60. The molecule has 1 unspecified atom stereocenters. The van der Waals surface area contributed by atoms with E-state index in [1.54, 1.807) is 0 Å². The minimum Gasteiger partial charge on any atom is -0.308 e. The van der Waals surface area contributed by atoms with Gasteiger partial charge in [-0.2, -0.15) is 0 Å². The number of hydrogen-bond acceptors (Lipinski definition) is 2. The molecule has 0 saturated heterocycles. The van der Waals surface area contributed by atoms with Gasteiger partial charge < -0.3 is 4.57 Å². The lowest BCUT2D eigenvalue weighted by Gasteiger charge is -2.17. The Bertz CT molecular complexity index is 2410. The fraction of sp³-hybridized carbons (Fsp3) is 0.0500. The SMILES string of the molecule is C1=CCC(c2cc(-c3ccccc3)cc(-n3c4ccccc4c4cc5c(nc43)c3ccccc3n5-c3ccccc3)n2)C=C1. The second-order valence-corrected chi connectivity index (χ2v) is 11.4. The largest absolute Gasteiger partial charge is 0.308 e. The van der Waals surface area contributed by atoms with Gasteiger partial charge in [0.2, 0.25) is 0 Å². The smallest absolute Gasteiger partial charge is 0.147 e. The molecule has 4 aromatic carbocycles. The van der Waals surface area contributed by atoms with Crippen LogP contribution in [0.3, 0.4) is 0 Å². The molecule has 0 bridgehead atoms. The van der Waals surface area contributed by atoms with Gasteiger partial charge in [0.25, 0.3) is 0 Å². The Morgan fingerprint density at radius 1 is 0.545 bits per heavy atom. The fourth-order valence-corrected chi connectivity index (χ4v) is 6.77. The number of rotatable bonds is 4. The summed E-state index contributed by atoms with van der Waals surface area (Å²) >= 11 is 0. The first-order valence-electron chi connectivity index (χ1n) is 15.1. The Kier molecular flexibility index (Phi) is 5.60. The van der Waals surface area contributed by atoms with Crippen LogP contribution >= 0.6 is 0 Å². The van der Waals surface area contributed by atoms with E-state index >= 15 is 0 Å². The van der Waals surface area contributed by atoms with Crippen molar-refractivity contribution < 1.29 is 0 Å². The van der Waals surface area contributed by atoms with Crippen LogP contribution in [0.15, 0.2) is 152 Å². The Morgan fingerprint density at radius 3 is 2.02 bits per heavy atom. The molecular weight excluding hydrogens is 536 g/mol. The minimum absolute atomic E-state index is 0.221. The Hall–Kier alpha value is -5.74. The molecule has 4 heteroatoms. The van der Waals surface area contributed by atoms with Crippen molar-refractivity contribution in [2.24, 2.45) is 0 Å². The minimum atomic E-state index is 0.221. The number of fused-ring (bicyclic) bond motifs is 6. The molecule has 0 amide bonds. The molecule has 4 nitrogen and oxygen atoms in total. The maximum atomic E-state index is 5.49. The van der Waals surface area contributed by atoms with Crippen molar-refractivity contribution in [1.29, 1.82) is 0 Å². The van der Waals surface area contributed by atoms with Gasteiger partial charge in [-0.05, 0) is 60.0 Å². The zero-order valence-electron chi connectivity index (χ0n) is 24.0. The number of para-hydroxylation sites is 3. The lowest BCUT2D eigenvalue weighted by Crippen LogP contribution is -2.06. The molecule has 0 aliphatic heterocycles. The van der Waals surface area contributed by atoms with Crippen LogP contribution in [0.25, 0.3) is 66.5 Å². The first-order valence-corrected chi connectivity index (χ1v) is 15.1. The average molecular weight is 565 g/mol. The van der Waals surface area contributed by atoms with Crippen molar-refractivity contribution in [2.75, 3.05) is 0 Å². The third kappa shape index (κ3) is 3.85. The summed E-state index contributed by atoms with van der Waals surface area (Å²) in [5, 5.41) is 3.41. The first-order chi connectivity index (χ1) is 21.8. The molecule has 4 heterocycles. The van der Waals surface area contributed by atoms with Gasteiger partial charge in [0.05, 0.1) is 27.8 Å². The Labute approximate surface area is 254 Å². The second kappa shape index (κ2) is 9.92. The first kappa shape index (κ1) is 24.8. The van der Waals surface area contributed by atoms with Crippen LogP contribution in [-0.4, -0.2) is 19.1 Å². The van der Waals surface area contributed by atoms with Crippen molar-refractivity contribution in [2.45, 2.75) is 12.3 Å². The van der Waals surface area contributed by atoms with Crippen LogP contribution in [0.2, 0.25) is 0 Å². The third-order valence-electron chi connectivity index (χ3n) is 8.81. The molecule has 0 radical (unpaired) electrons. The molecule has 0 N–H and O–H groups in total. The van der Waals surface area contributed by atoms with Crippen molar-refractivity contribution >= 4 is 43.9 Å². The van der Waals surface area contributed by atoms with Crippen molar-refractivity contribution in [3.05, 3.63) is 157 Å². The van der Waals surface area contributed by atoms with Gasteiger partial charge in [-0.1, -0.05) is 109 Å². The van der Waals surface area contributed by atoms with Crippen molar-refractivity contribution in [1.82, 2.24) is 19.1 Å². The Balaban J connectivity index is 1.38. The summed E-state index contributed by atoms with van der Waals surface area (Å²) in [5.41, 5.74) is 9.76. The van der Waals surface area contributed by atoms with Gasteiger partial charge in [-0.25, -0.2) is 9.97 Å². The molecule has 9 rings (SSSR count). The molecule has 0 saturated carbocycles. The highest BCUT2D eigenvalue weighted by molar-refractivity contribution is 6.15. The van der Waals surface area contributed by atoms with Crippen LogP contribution in [0.5, 0.6) is 0 Å². The molecule has 0 fully saturated rings.